The fourth-order valence-corrected chi connectivity index (χ4v) is 2.22. The zero-order chi connectivity index (χ0) is 15.5. The van der Waals surface area contributed by atoms with Crippen LogP contribution in [-0.4, -0.2) is 21.8 Å². The van der Waals surface area contributed by atoms with Gasteiger partial charge in [-0.05, 0) is 40.2 Å². The van der Waals surface area contributed by atoms with Crippen molar-refractivity contribution in [3.63, 3.8) is 0 Å². The fraction of sp³-hybridized carbons (Fsp3) is 0.0714. The highest BCUT2D eigenvalue weighted by molar-refractivity contribution is 9.10. The summed E-state index contributed by atoms with van der Waals surface area (Å²) in [5.74, 6) is -0.314. The molecule has 7 nitrogen and oxygen atoms in total. The summed E-state index contributed by atoms with van der Waals surface area (Å²) in [7, 11) is 0. The summed E-state index contributed by atoms with van der Waals surface area (Å²) in [4.78, 5) is 30.8. The zero-order valence-electron chi connectivity index (χ0n) is 11.2. The predicted molar refractivity (Wildman–Crippen MR) is 81.8 cm³/mol. The summed E-state index contributed by atoms with van der Waals surface area (Å²) in [6, 6.07) is 10.6. The highest BCUT2D eigenvalue weighted by Crippen LogP contribution is 2.13. The van der Waals surface area contributed by atoms with E-state index in [2.05, 4.69) is 36.7 Å². The van der Waals surface area contributed by atoms with Gasteiger partial charge in [-0.15, -0.1) is 0 Å². The number of aromatic amines is 1. The number of carbonyl (C=O) groups is 2. The topological polar surface area (TPSA) is 100 Å². The maximum absolute atomic E-state index is 11.8. The van der Waals surface area contributed by atoms with Crippen molar-refractivity contribution >= 4 is 38.8 Å². The Morgan fingerprint density at radius 2 is 2.00 bits per heavy atom. The maximum Gasteiger partial charge on any atom is 0.305 e. The Kier molecular flexibility index (Phi) is 3.92. The molecule has 1 aromatic carbocycles. The Hall–Kier alpha value is -2.61. The fourth-order valence-electron chi connectivity index (χ4n) is 1.91. The van der Waals surface area contributed by atoms with Gasteiger partial charge in [-0.25, -0.2) is 4.98 Å². The third-order valence-electron chi connectivity index (χ3n) is 2.88. The van der Waals surface area contributed by atoms with E-state index in [0.29, 0.717) is 10.5 Å². The van der Waals surface area contributed by atoms with Gasteiger partial charge in [0.2, 0.25) is 5.91 Å². The molecule has 0 aliphatic rings. The molecule has 0 radical (unpaired) electrons. The second-order valence-corrected chi connectivity index (χ2v) is 5.27. The van der Waals surface area contributed by atoms with Gasteiger partial charge in [-0.1, -0.05) is 12.1 Å². The van der Waals surface area contributed by atoms with Crippen molar-refractivity contribution in [1.29, 1.82) is 0 Å². The van der Waals surface area contributed by atoms with Gasteiger partial charge in [0.05, 0.1) is 17.5 Å². The molecule has 0 aliphatic heterocycles. The first-order valence-corrected chi connectivity index (χ1v) is 7.19. The van der Waals surface area contributed by atoms with Crippen LogP contribution in [0.5, 0.6) is 0 Å². The lowest BCUT2D eigenvalue weighted by molar-refractivity contribution is -0.121. The Labute approximate surface area is 133 Å². The van der Waals surface area contributed by atoms with E-state index in [1.165, 1.54) is 6.07 Å². The molecule has 22 heavy (non-hydrogen) atoms. The summed E-state index contributed by atoms with van der Waals surface area (Å²) in [6.07, 6.45) is 0.0246. The minimum atomic E-state index is -0.538. The first-order chi connectivity index (χ1) is 10.6. The predicted octanol–water partition coefficient (Wildman–Crippen LogP) is 1.92. The van der Waals surface area contributed by atoms with E-state index < -0.39 is 11.8 Å². The first-order valence-electron chi connectivity index (χ1n) is 6.40. The summed E-state index contributed by atoms with van der Waals surface area (Å²) >= 11 is 3.10. The molecule has 2 aromatic heterocycles. The molecule has 3 aromatic rings. The minimum Gasteiger partial charge on any atom is -0.444 e. The minimum absolute atomic E-state index is 0.0246. The lowest BCUT2D eigenvalue weighted by Gasteiger charge is -2.04. The molecule has 0 bridgehead atoms. The average molecular weight is 363 g/mol. The van der Waals surface area contributed by atoms with Crippen LogP contribution in [0.15, 0.2) is 45.5 Å². The quantitative estimate of drug-likeness (QED) is 0.619. The number of fused-ring (bicyclic) bond motifs is 1. The molecule has 112 valence electrons. The third kappa shape index (κ3) is 3.17. The van der Waals surface area contributed by atoms with Gasteiger partial charge in [-0.3, -0.25) is 20.4 Å². The van der Waals surface area contributed by atoms with E-state index in [9.17, 15) is 9.59 Å². The number of amides is 2. The van der Waals surface area contributed by atoms with Crippen LogP contribution >= 0.6 is 15.9 Å². The number of hydrogen-bond acceptors (Lipinski definition) is 4. The molecule has 3 rings (SSSR count). The number of aromatic nitrogens is 2. The van der Waals surface area contributed by atoms with Gasteiger partial charge in [0, 0.05) is 0 Å². The normalized spacial score (nSPS) is 10.6. The molecule has 3 N–H and O–H groups in total. The summed E-state index contributed by atoms with van der Waals surface area (Å²) in [5.41, 5.74) is 6.22. The number of nitrogens with zero attached hydrogens (tertiary/aromatic N) is 1. The van der Waals surface area contributed by atoms with E-state index in [-0.39, 0.29) is 12.2 Å². The number of hydrogen-bond donors (Lipinski definition) is 3. The zero-order valence-corrected chi connectivity index (χ0v) is 12.8. The summed E-state index contributed by atoms with van der Waals surface area (Å²) in [5, 5.41) is 0. The largest absolute Gasteiger partial charge is 0.444 e. The molecule has 0 atom stereocenters. The van der Waals surface area contributed by atoms with E-state index in [0.717, 1.165) is 11.0 Å². The van der Waals surface area contributed by atoms with Crippen LogP contribution in [0.3, 0.4) is 0 Å². The van der Waals surface area contributed by atoms with Crippen molar-refractivity contribution in [2.45, 2.75) is 6.42 Å². The molecule has 0 unspecified atom stereocenters. The van der Waals surface area contributed by atoms with Crippen LogP contribution in [0.2, 0.25) is 0 Å². The smallest absolute Gasteiger partial charge is 0.305 e. The lowest BCUT2D eigenvalue weighted by atomic mass is 10.3. The molecular formula is C14H11BrN4O3. The van der Waals surface area contributed by atoms with Crippen molar-refractivity contribution in [2.75, 3.05) is 0 Å². The van der Waals surface area contributed by atoms with Gasteiger partial charge < -0.3 is 9.40 Å². The molecule has 0 spiro atoms. The number of furan rings is 1. The number of para-hydroxylation sites is 2. The van der Waals surface area contributed by atoms with E-state index >= 15 is 0 Å². The molecule has 2 amide bonds. The van der Waals surface area contributed by atoms with Crippen molar-refractivity contribution in [3.05, 3.63) is 52.7 Å². The number of benzene rings is 1. The average Bonchev–Trinajstić information content (AvgIpc) is 3.10. The summed E-state index contributed by atoms with van der Waals surface area (Å²) in [6.45, 7) is 0. The van der Waals surface area contributed by atoms with Crippen molar-refractivity contribution < 1.29 is 14.0 Å². The third-order valence-corrected chi connectivity index (χ3v) is 3.31. The standard InChI is InChI=1S/C14H11BrN4O3/c15-11-6-5-10(22-11)14(21)19-18-13(20)7-12-16-8-3-1-2-4-9(8)17-12/h1-6H,7H2,(H,16,17)(H,18,20)(H,19,21). The Morgan fingerprint density at radius 3 is 2.73 bits per heavy atom. The molecular weight excluding hydrogens is 352 g/mol. The number of halogens is 1. The SMILES string of the molecule is O=C(Cc1nc2ccccc2[nH]1)NNC(=O)c1ccc(Br)o1. The van der Waals surface area contributed by atoms with Crippen LogP contribution < -0.4 is 10.9 Å². The number of imidazole rings is 1. The molecule has 8 heteroatoms. The molecule has 0 saturated carbocycles. The second-order valence-electron chi connectivity index (χ2n) is 4.48. The van der Waals surface area contributed by atoms with Crippen LogP contribution in [0.25, 0.3) is 11.0 Å². The van der Waals surface area contributed by atoms with E-state index in [1.54, 1.807) is 6.07 Å². The molecule has 0 saturated heterocycles. The van der Waals surface area contributed by atoms with Crippen LogP contribution in [0.1, 0.15) is 16.4 Å². The monoisotopic (exact) mass is 362 g/mol. The number of hydrazine groups is 1. The Balaban J connectivity index is 1.57. The Bertz CT molecular complexity index is 806. The van der Waals surface area contributed by atoms with Crippen molar-refractivity contribution in [1.82, 2.24) is 20.8 Å². The van der Waals surface area contributed by atoms with Crippen molar-refractivity contribution in [2.24, 2.45) is 0 Å². The highest BCUT2D eigenvalue weighted by Gasteiger charge is 2.12. The number of carbonyl (C=O) groups excluding carboxylic acids is 2. The van der Waals surface area contributed by atoms with Gasteiger partial charge in [0.15, 0.2) is 10.4 Å². The molecule has 2 heterocycles. The molecule has 0 aliphatic carbocycles. The van der Waals surface area contributed by atoms with E-state index in [1.807, 2.05) is 24.3 Å². The lowest BCUT2D eigenvalue weighted by Crippen LogP contribution is -2.42. The second kappa shape index (κ2) is 6.02. The van der Waals surface area contributed by atoms with Crippen LogP contribution in [-0.2, 0) is 11.2 Å². The number of H-pyrrole nitrogens is 1. The first kappa shape index (κ1) is 14.3. The Morgan fingerprint density at radius 1 is 1.18 bits per heavy atom. The maximum atomic E-state index is 11.8. The summed E-state index contributed by atoms with van der Waals surface area (Å²) < 4.78 is 5.51. The van der Waals surface area contributed by atoms with Gasteiger partial charge >= 0.3 is 5.91 Å². The highest BCUT2D eigenvalue weighted by atomic mass is 79.9. The van der Waals surface area contributed by atoms with Gasteiger partial charge in [-0.2, -0.15) is 0 Å². The van der Waals surface area contributed by atoms with Crippen molar-refractivity contribution in [3.8, 4) is 0 Å². The van der Waals surface area contributed by atoms with Gasteiger partial charge in [0.1, 0.15) is 5.82 Å². The van der Waals surface area contributed by atoms with Crippen LogP contribution in [0.4, 0.5) is 0 Å². The van der Waals surface area contributed by atoms with E-state index in [4.69, 9.17) is 4.42 Å². The number of nitrogens with one attached hydrogen (secondary N) is 3. The number of rotatable bonds is 3. The van der Waals surface area contributed by atoms with Crippen LogP contribution in [0, 0.1) is 0 Å². The van der Waals surface area contributed by atoms with Gasteiger partial charge in [0.25, 0.3) is 0 Å². The molecule has 0 fully saturated rings.